The van der Waals surface area contributed by atoms with Crippen LogP contribution < -0.4 is 0 Å². The fraction of sp³-hybridized carbons (Fsp3) is 0.900. The fourth-order valence-electron chi connectivity index (χ4n) is 2.88. The first-order chi connectivity index (χ1) is 10.8. The first kappa shape index (κ1) is 21.0. The molecule has 2 heteroatoms. The van der Waals surface area contributed by atoms with Gasteiger partial charge in [0, 0.05) is 6.42 Å². The van der Waals surface area contributed by atoms with Crippen LogP contribution in [0, 0.1) is 13.1 Å². The van der Waals surface area contributed by atoms with E-state index >= 15 is 0 Å². The molecule has 1 unspecified atom stereocenters. The summed E-state index contributed by atoms with van der Waals surface area (Å²) < 4.78 is 0. The predicted molar refractivity (Wildman–Crippen MR) is 96.8 cm³/mol. The second-order valence-corrected chi connectivity index (χ2v) is 6.51. The van der Waals surface area contributed by atoms with Crippen molar-refractivity contribution in [2.75, 3.05) is 6.54 Å². The molecule has 0 heterocycles. The van der Waals surface area contributed by atoms with Crippen LogP contribution in [0.1, 0.15) is 103 Å². The highest BCUT2D eigenvalue weighted by molar-refractivity contribution is 4.85. The van der Waals surface area contributed by atoms with Gasteiger partial charge < -0.3 is 9.69 Å². The molecule has 0 saturated heterocycles. The number of hydrogen-bond donors (Lipinski definition) is 0. The van der Waals surface area contributed by atoms with Crippen LogP contribution in [0.25, 0.3) is 9.69 Å². The van der Waals surface area contributed by atoms with E-state index in [0.717, 1.165) is 12.8 Å². The van der Waals surface area contributed by atoms with Crippen molar-refractivity contribution in [2.24, 2.45) is 0 Å². The molecule has 0 aromatic heterocycles. The number of hydrogen-bond acceptors (Lipinski definition) is 0. The zero-order valence-corrected chi connectivity index (χ0v) is 14.8. The molecular formula is C20H36N2. The van der Waals surface area contributed by atoms with E-state index in [0.29, 0.717) is 6.54 Å². The normalized spacial score (nSPS) is 11.8. The van der Waals surface area contributed by atoms with Gasteiger partial charge in [0.2, 0.25) is 0 Å². The fourth-order valence-corrected chi connectivity index (χ4v) is 2.88. The Labute approximate surface area is 139 Å². The van der Waals surface area contributed by atoms with E-state index in [4.69, 9.17) is 13.1 Å². The van der Waals surface area contributed by atoms with Gasteiger partial charge in [0.25, 0.3) is 12.6 Å². The van der Waals surface area contributed by atoms with Crippen molar-refractivity contribution < 1.29 is 0 Å². The van der Waals surface area contributed by atoms with Crippen molar-refractivity contribution >= 4 is 0 Å². The molecule has 0 bridgehead atoms. The van der Waals surface area contributed by atoms with Crippen molar-refractivity contribution in [1.82, 2.24) is 0 Å². The van der Waals surface area contributed by atoms with E-state index in [9.17, 15) is 0 Å². The van der Waals surface area contributed by atoms with Gasteiger partial charge in [-0.05, 0) is 6.42 Å². The summed E-state index contributed by atoms with van der Waals surface area (Å²) in [4.78, 5) is 6.84. The van der Waals surface area contributed by atoms with Gasteiger partial charge >= 0.3 is 0 Å². The van der Waals surface area contributed by atoms with Crippen LogP contribution in [0.15, 0.2) is 0 Å². The summed E-state index contributed by atoms with van der Waals surface area (Å²) >= 11 is 0. The average molecular weight is 305 g/mol. The molecule has 0 N–H and O–H groups in total. The van der Waals surface area contributed by atoms with Crippen LogP contribution in [0.3, 0.4) is 0 Å². The molecule has 0 aromatic carbocycles. The Hall–Kier alpha value is -1.02. The van der Waals surface area contributed by atoms with E-state index < -0.39 is 0 Å². The van der Waals surface area contributed by atoms with Crippen LogP contribution in [0.4, 0.5) is 0 Å². The van der Waals surface area contributed by atoms with Crippen molar-refractivity contribution in [2.45, 2.75) is 109 Å². The molecule has 0 aliphatic carbocycles. The Morgan fingerprint density at radius 1 is 0.636 bits per heavy atom. The van der Waals surface area contributed by atoms with Crippen LogP contribution >= 0.6 is 0 Å². The minimum Gasteiger partial charge on any atom is -0.308 e. The van der Waals surface area contributed by atoms with Gasteiger partial charge in [0.1, 0.15) is 0 Å². The summed E-state index contributed by atoms with van der Waals surface area (Å²) in [5, 5.41) is 0. The molecular weight excluding hydrogens is 268 g/mol. The molecule has 2 nitrogen and oxygen atoms in total. The molecule has 22 heavy (non-hydrogen) atoms. The highest BCUT2D eigenvalue weighted by Gasteiger charge is 2.14. The monoisotopic (exact) mass is 304 g/mol. The largest absolute Gasteiger partial charge is 0.308 e. The number of unbranched alkanes of at least 4 members (excludes halogenated alkanes) is 13. The summed E-state index contributed by atoms with van der Waals surface area (Å²) in [5.74, 6) is 0. The van der Waals surface area contributed by atoms with Crippen LogP contribution in [-0.2, 0) is 0 Å². The third kappa shape index (κ3) is 15.4. The number of nitrogens with zero attached hydrogens (tertiary/aromatic N) is 2. The molecule has 0 amide bonds. The molecule has 0 aromatic rings. The summed E-state index contributed by atoms with van der Waals surface area (Å²) in [6, 6.07) is -0.0465. The van der Waals surface area contributed by atoms with Gasteiger partial charge in [-0.25, -0.2) is 13.1 Å². The maximum atomic E-state index is 7.02. The highest BCUT2D eigenvalue weighted by Crippen LogP contribution is 2.14. The number of rotatable bonds is 16. The maximum absolute atomic E-state index is 7.02. The molecule has 0 saturated carbocycles. The van der Waals surface area contributed by atoms with E-state index in [-0.39, 0.29) is 6.04 Å². The smallest absolute Gasteiger partial charge is 0.294 e. The zero-order chi connectivity index (χ0) is 16.3. The average Bonchev–Trinajstić information content (AvgIpc) is 2.54. The third-order valence-electron chi connectivity index (χ3n) is 4.38. The van der Waals surface area contributed by atoms with Crippen LogP contribution in [0.5, 0.6) is 0 Å². The Balaban J connectivity index is 3.12. The van der Waals surface area contributed by atoms with Gasteiger partial charge in [0.05, 0.1) is 0 Å². The van der Waals surface area contributed by atoms with Gasteiger partial charge in [-0.3, -0.25) is 0 Å². The second-order valence-electron chi connectivity index (χ2n) is 6.51. The summed E-state index contributed by atoms with van der Waals surface area (Å²) in [5.41, 5.74) is 0. The van der Waals surface area contributed by atoms with Crippen molar-refractivity contribution in [3.8, 4) is 0 Å². The van der Waals surface area contributed by atoms with Crippen molar-refractivity contribution in [1.29, 1.82) is 0 Å². The lowest BCUT2D eigenvalue weighted by atomic mass is 10.0. The Kier molecular flexibility index (Phi) is 17.2. The van der Waals surface area contributed by atoms with Crippen molar-refractivity contribution in [3.63, 3.8) is 0 Å². The zero-order valence-electron chi connectivity index (χ0n) is 14.8. The Morgan fingerprint density at radius 3 is 1.41 bits per heavy atom. The topological polar surface area (TPSA) is 8.72 Å². The van der Waals surface area contributed by atoms with E-state index in [1.54, 1.807) is 0 Å². The lowest BCUT2D eigenvalue weighted by molar-refractivity contribution is 0.529. The highest BCUT2D eigenvalue weighted by atomic mass is 14.8. The summed E-state index contributed by atoms with van der Waals surface area (Å²) in [7, 11) is 0. The van der Waals surface area contributed by atoms with Crippen LogP contribution in [0.2, 0.25) is 0 Å². The molecule has 0 aliphatic rings. The molecule has 126 valence electrons. The lowest BCUT2D eigenvalue weighted by Gasteiger charge is -2.03. The van der Waals surface area contributed by atoms with Crippen LogP contribution in [-0.4, -0.2) is 12.6 Å². The summed E-state index contributed by atoms with van der Waals surface area (Å²) in [6.45, 7) is 16.5. The van der Waals surface area contributed by atoms with E-state index in [1.165, 1.54) is 83.5 Å². The minimum atomic E-state index is -0.0465. The molecule has 0 fully saturated rings. The molecule has 1 atom stereocenters. The van der Waals surface area contributed by atoms with E-state index in [1.807, 2.05) is 0 Å². The van der Waals surface area contributed by atoms with Gasteiger partial charge in [-0.1, -0.05) is 90.4 Å². The maximum Gasteiger partial charge on any atom is 0.294 e. The first-order valence-electron chi connectivity index (χ1n) is 9.55. The lowest BCUT2D eigenvalue weighted by Crippen LogP contribution is -2.04. The predicted octanol–water partition coefficient (Wildman–Crippen LogP) is 7.06. The summed E-state index contributed by atoms with van der Waals surface area (Å²) in [6.07, 6.45) is 20.1. The molecule has 0 rings (SSSR count). The second kappa shape index (κ2) is 18.0. The van der Waals surface area contributed by atoms with Gasteiger partial charge in [-0.2, -0.15) is 0 Å². The third-order valence-corrected chi connectivity index (χ3v) is 4.38. The van der Waals surface area contributed by atoms with E-state index in [2.05, 4.69) is 16.6 Å². The quantitative estimate of drug-likeness (QED) is 0.213. The molecule has 0 aliphatic heterocycles. The molecule has 0 radical (unpaired) electrons. The standard InChI is InChI=1S/C20H36N2/c1-4-5-6-7-8-9-10-11-12-13-14-15-16-17-18-20(22-3)19-21-2/h20H,4-19H2,1H3. The van der Waals surface area contributed by atoms with Gasteiger partial charge in [0.15, 0.2) is 0 Å². The molecule has 0 spiro atoms. The van der Waals surface area contributed by atoms with Gasteiger partial charge in [-0.15, -0.1) is 0 Å². The van der Waals surface area contributed by atoms with Crippen molar-refractivity contribution in [3.05, 3.63) is 22.8 Å². The minimum absolute atomic E-state index is 0.0465. The Bertz CT molecular complexity index is 298. The first-order valence-corrected chi connectivity index (χ1v) is 9.55. The SMILES string of the molecule is [C-]#[N+]CC(CCCCCCCCCCCCCCCC)[N+]#[C-]. The Morgan fingerprint density at radius 2 is 1.05 bits per heavy atom.